The Morgan fingerprint density at radius 2 is 2.14 bits per heavy atom. The van der Waals surface area contributed by atoms with Gasteiger partial charge in [0.1, 0.15) is 0 Å². The fraction of sp³-hybridized carbons (Fsp3) is 0.533. The van der Waals surface area contributed by atoms with Crippen LogP contribution in [0.4, 0.5) is 0 Å². The first-order valence-corrected chi connectivity index (χ1v) is 9.50. The number of halogens is 1. The summed E-state index contributed by atoms with van der Waals surface area (Å²) in [7, 11) is 1.48. The molecular weight excluding hydrogens is 310 g/mol. The number of carbonyl (C=O) groups excluding carboxylic acids is 1. The van der Waals surface area contributed by atoms with E-state index in [-0.39, 0.29) is 10.8 Å². The molecule has 1 aliphatic rings. The van der Waals surface area contributed by atoms with Crippen LogP contribution >= 0.6 is 10.7 Å². The zero-order valence-corrected chi connectivity index (χ0v) is 13.6. The average molecular weight is 330 g/mol. The molecule has 6 heteroatoms. The standard InChI is InChI=1S/C15H20ClNO3S/c1-11-4-2-5-12(8-11)10-17-15(18)13-6-3-7-14(9-13)21(16,19)20/h3,6-7,9,11-12H,2,4-5,8,10H2,1H3,(H,17,18). The van der Waals surface area contributed by atoms with Crippen molar-refractivity contribution in [1.82, 2.24) is 5.32 Å². The van der Waals surface area contributed by atoms with Crippen molar-refractivity contribution in [2.75, 3.05) is 6.54 Å². The number of carbonyl (C=O) groups is 1. The number of amides is 1. The van der Waals surface area contributed by atoms with Gasteiger partial charge in [0, 0.05) is 22.8 Å². The van der Waals surface area contributed by atoms with Gasteiger partial charge in [-0.1, -0.05) is 25.8 Å². The molecule has 0 spiro atoms. The highest BCUT2D eigenvalue weighted by atomic mass is 35.7. The molecule has 4 nitrogen and oxygen atoms in total. The Morgan fingerprint density at radius 3 is 2.81 bits per heavy atom. The fourth-order valence-corrected chi connectivity index (χ4v) is 3.67. The van der Waals surface area contributed by atoms with Crippen molar-refractivity contribution in [2.24, 2.45) is 11.8 Å². The molecule has 21 heavy (non-hydrogen) atoms. The Balaban J connectivity index is 1.97. The predicted molar refractivity (Wildman–Crippen MR) is 82.9 cm³/mol. The van der Waals surface area contributed by atoms with Crippen molar-refractivity contribution in [1.29, 1.82) is 0 Å². The molecule has 0 saturated heterocycles. The lowest BCUT2D eigenvalue weighted by atomic mass is 9.82. The lowest BCUT2D eigenvalue weighted by Crippen LogP contribution is -2.31. The molecule has 2 rings (SSSR count). The number of hydrogen-bond acceptors (Lipinski definition) is 3. The van der Waals surface area contributed by atoms with Crippen molar-refractivity contribution in [3.05, 3.63) is 29.8 Å². The Hall–Kier alpha value is -1.07. The Morgan fingerprint density at radius 1 is 1.38 bits per heavy atom. The van der Waals surface area contributed by atoms with Gasteiger partial charge in [0.2, 0.25) is 0 Å². The van der Waals surface area contributed by atoms with E-state index in [0.29, 0.717) is 23.9 Å². The number of nitrogens with one attached hydrogen (secondary N) is 1. The molecule has 2 unspecified atom stereocenters. The van der Waals surface area contributed by atoms with Gasteiger partial charge in [0.05, 0.1) is 4.90 Å². The van der Waals surface area contributed by atoms with Crippen LogP contribution in [0.25, 0.3) is 0 Å². The largest absolute Gasteiger partial charge is 0.352 e. The second-order valence-electron chi connectivity index (χ2n) is 5.81. The maximum atomic E-state index is 12.1. The van der Waals surface area contributed by atoms with Crippen LogP contribution in [0.2, 0.25) is 0 Å². The third-order valence-corrected chi connectivity index (χ3v) is 5.33. The summed E-state index contributed by atoms with van der Waals surface area (Å²) in [6.45, 7) is 2.88. The monoisotopic (exact) mass is 329 g/mol. The van der Waals surface area contributed by atoms with E-state index in [4.69, 9.17) is 10.7 Å². The minimum absolute atomic E-state index is 0.0527. The van der Waals surface area contributed by atoms with Gasteiger partial charge in [0.15, 0.2) is 0 Å². The third kappa shape index (κ3) is 4.71. The van der Waals surface area contributed by atoms with Gasteiger partial charge in [0.25, 0.3) is 15.0 Å². The first-order valence-electron chi connectivity index (χ1n) is 7.19. The molecule has 0 aromatic heterocycles. The van der Waals surface area contributed by atoms with Crippen LogP contribution in [0.3, 0.4) is 0 Å². The Bertz CT molecular complexity index is 615. The zero-order valence-electron chi connectivity index (χ0n) is 12.0. The smallest absolute Gasteiger partial charge is 0.261 e. The molecule has 1 saturated carbocycles. The summed E-state index contributed by atoms with van der Waals surface area (Å²) in [4.78, 5) is 12.0. The van der Waals surface area contributed by atoms with Gasteiger partial charge in [-0.15, -0.1) is 0 Å². The van der Waals surface area contributed by atoms with Crippen LogP contribution in [0.5, 0.6) is 0 Å². The lowest BCUT2D eigenvalue weighted by Gasteiger charge is -2.26. The summed E-state index contributed by atoms with van der Waals surface area (Å²) in [6, 6.07) is 5.79. The molecular formula is C15H20ClNO3S. The summed E-state index contributed by atoms with van der Waals surface area (Å²) in [6.07, 6.45) is 4.75. The second-order valence-corrected chi connectivity index (χ2v) is 8.38. The highest BCUT2D eigenvalue weighted by Gasteiger charge is 2.20. The van der Waals surface area contributed by atoms with Crippen molar-refractivity contribution in [3.63, 3.8) is 0 Å². The summed E-state index contributed by atoms with van der Waals surface area (Å²) in [5.41, 5.74) is 0.320. The maximum Gasteiger partial charge on any atom is 0.261 e. The van der Waals surface area contributed by atoms with E-state index in [9.17, 15) is 13.2 Å². The van der Waals surface area contributed by atoms with Crippen molar-refractivity contribution < 1.29 is 13.2 Å². The van der Waals surface area contributed by atoms with Crippen LogP contribution in [-0.4, -0.2) is 20.9 Å². The second kappa shape index (κ2) is 6.79. The molecule has 1 aromatic carbocycles. The van der Waals surface area contributed by atoms with Crippen molar-refractivity contribution >= 4 is 25.6 Å². The summed E-state index contributed by atoms with van der Waals surface area (Å²) in [5, 5.41) is 2.89. The number of rotatable bonds is 4. The summed E-state index contributed by atoms with van der Waals surface area (Å²) >= 11 is 0. The van der Waals surface area contributed by atoms with Crippen LogP contribution in [0.15, 0.2) is 29.2 Å². The normalized spacial score (nSPS) is 22.8. The lowest BCUT2D eigenvalue weighted by molar-refractivity contribution is 0.0940. The molecule has 1 aliphatic carbocycles. The molecule has 116 valence electrons. The third-order valence-electron chi connectivity index (χ3n) is 3.97. The van der Waals surface area contributed by atoms with Crippen LogP contribution < -0.4 is 5.32 Å². The Kier molecular flexibility index (Phi) is 5.27. The van der Waals surface area contributed by atoms with Gasteiger partial charge in [-0.3, -0.25) is 4.79 Å². The van der Waals surface area contributed by atoms with E-state index >= 15 is 0 Å². The first-order chi connectivity index (χ1) is 9.86. The quantitative estimate of drug-likeness (QED) is 0.863. The van der Waals surface area contributed by atoms with Crippen molar-refractivity contribution in [3.8, 4) is 0 Å². The number of hydrogen-bond donors (Lipinski definition) is 1. The van der Waals surface area contributed by atoms with E-state index in [1.165, 1.54) is 31.0 Å². The zero-order chi connectivity index (χ0) is 15.5. The average Bonchev–Trinajstić information content (AvgIpc) is 2.44. The van der Waals surface area contributed by atoms with E-state index in [1.807, 2.05) is 0 Å². The molecule has 1 fully saturated rings. The van der Waals surface area contributed by atoms with Gasteiger partial charge >= 0.3 is 0 Å². The van der Waals surface area contributed by atoms with E-state index in [2.05, 4.69) is 12.2 Å². The van der Waals surface area contributed by atoms with E-state index < -0.39 is 9.05 Å². The molecule has 2 atom stereocenters. The fourth-order valence-electron chi connectivity index (χ4n) is 2.87. The molecule has 0 heterocycles. The Labute approximate surface area is 130 Å². The summed E-state index contributed by atoms with van der Waals surface area (Å²) in [5.74, 6) is 0.971. The first kappa shape index (κ1) is 16.3. The van der Waals surface area contributed by atoms with E-state index in [0.717, 1.165) is 12.8 Å². The topological polar surface area (TPSA) is 63.2 Å². The molecule has 0 bridgehead atoms. The molecule has 1 N–H and O–H groups in total. The van der Waals surface area contributed by atoms with Gasteiger partial charge < -0.3 is 5.32 Å². The van der Waals surface area contributed by atoms with Gasteiger partial charge in [-0.05, 0) is 42.9 Å². The highest BCUT2D eigenvalue weighted by Crippen LogP contribution is 2.28. The maximum absolute atomic E-state index is 12.1. The van der Waals surface area contributed by atoms with Gasteiger partial charge in [-0.2, -0.15) is 0 Å². The molecule has 1 amide bonds. The van der Waals surface area contributed by atoms with Crippen LogP contribution in [0.1, 0.15) is 43.0 Å². The molecule has 0 aliphatic heterocycles. The molecule has 1 aromatic rings. The van der Waals surface area contributed by atoms with Crippen molar-refractivity contribution in [2.45, 2.75) is 37.5 Å². The van der Waals surface area contributed by atoms with Crippen LogP contribution in [-0.2, 0) is 9.05 Å². The van der Waals surface area contributed by atoms with E-state index in [1.54, 1.807) is 6.07 Å². The SMILES string of the molecule is CC1CCCC(CNC(=O)c2cccc(S(=O)(=O)Cl)c2)C1. The summed E-state index contributed by atoms with van der Waals surface area (Å²) < 4.78 is 22.6. The minimum atomic E-state index is -3.81. The van der Waals surface area contributed by atoms with Gasteiger partial charge in [-0.25, -0.2) is 8.42 Å². The highest BCUT2D eigenvalue weighted by molar-refractivity contribution is 8.13. The predicted octanol–water partition coefficient (Wildman–Crippen LogP) is 3.17. The van der Waals surface area contributed by atoms with Crippen LogP contribution in [0, 0.1) is 11.8 Å². The number of benzene rings is 1. The minimum Gasteiger partial charge on any atom is -0.352 e. The molecule has 0 radical (unpaired) electrons.